The number of hydrogen-bond acceptors (Lipinski definition) is 2. The predicted molar refractivity (Wildman–Crippen MR) is 77.2 cm³/mol. The molecule has 4 heteroatoms. The molecule has 1 aromatic rings. The lowest BCUT2D eigenvalue weighted by Gasteiger charge is -2.09. The first-order valence-electron chi connectivity index (χ1n) is 6.18. The minimum atomic E-state index is -0.301. The van der Waals surface area contributed by atoms with E-state index in [4.69, 9.17) is 0 Å². The third-order valence-electron chi connectivity index (χ3n) is 3.34. The maximum atomic E-state index is 12.3. The van der Waals surface area contributed by atoms with Gasteiger partial charge in [-0.1, -0.05) is 17.7 Å². The van der Waals surface area contributed by atoms with Gasteiger partial charge >= 0.3 is 5.69 Å². The lowest BCUT2D eigenvalue weighted by Crippen LogP contribution is -2.57. The van der Waals surface area contributed by atoms with Gasteiger partial charge in [-0.15, -0.1) is 0 Å². The van der Waals surface area contributed by atoms with Crippen molar-refractivity contribution >= 4 is 11.6 Å². The van der Waals surface area contributed by atoms with Crippen LogP contribution in [0.5, 0.6) is 0 Å². The number of rotatable bonds is 0. The first kappa shape index (κ1) is 13.3. The first-order chi connectivity index (χ1) is 8.82. The van der Waals surface area contributed by atoms with E-state index in [9.17, 15) is 9.59 Å². The topological polar surface area (TPSA) is 44.0 Å². The summed E-state index contributed by atoms with van der Waals surface area (Å²) in [5, 5.41) is 1.26. The summed E-state index contributed by atoms with van der Waals surface area (Å²) in [7, 11) is 3.20. The minimum absolute atomic E-state index is 0.252. The Morgan fingerprint density at radius 1 is 0.842 bits per heavy atom. The van der Waals surface area contributed by atoms with Gasteiger partial charge in [0.2, 0.25) is 0 Å². The Balaban J connectivity index is 3.24. The Morgan fingerprint density at radius 2 is 1.42 bits per heavy atom. The Kier molecular flexibility index (Phi) is 3.18. The largest absolute Gasteiger partial charge is 0.330 e. The molecule has 0 radical (unpaired) electrons. The molecule has 4 nitrogen and oxygen atoms in total. The van der Waals surface area contributed by atoms with Gasteiger partial charge in [0, 0.05) is 14.1 Å². The van der Waals surface area contributed by atoms with E-state index in [0.717, 1.165) is 21.3 Å². The zero-order valence-corrected chi connectivity index (χ0v) is 11.9. The lowest BCUT2D eigenvalue weighted by molar-refractivity contribution is 0.658. The molecule has 1 aliphatic carbocycles. The summed E-state index contributed by atoms with van der Waals surface area (Å²) < 4.78 is 2.68. The van der Waals surface area contributed by atoms with Gasteiger partial charge in [0.05, 0.1) is 10.6 Å². The van der Waals surface area contributed by atoms with Crippen molar-refractivity contribution in [1.29, 1.82) is 0 Å². The highest BCUT2D eigenvalue weighted by atomic mass is 16.2. The van der Waals surface area contributed by atoms with Crippen molar-refractivity contribution < 1.29 is 0 Å². The van der Waals surface area contributed by atoms with Crippen LogP contribution in [0.4, 0.5) is 0 Å². The molecule has 0 aromatic carbocycles. The summed E-state index contributed by atoms with van der Waals surface area (Å²) in [6.07, 6.45) is 5.86. The highest BCUT2D eigenvalue weighted by Gasteiger charge is 2.08. The van der Waals surface area contributed by atoms with Crippen LogP contribution in [0.1, 0.15) is 20.8 Å². The van der Waals surface area contributed by atoms with Crippen molar-refractivity contribution in [3.05, 3.63) is 54.7 Å². The quantitative estimate of drug-likeness (QED) is 0.654. The third-order valence-corrected chi connectivity index (χ3v) is 3.34. The molecule has 0 spiro atoms. The molecule has 19 heavy (non-hydrogen) atoms. The first-order valence-corrected chi connectivity index (χ1v) is 6.18. The second kappa shape index (κ2) is 4.53. The Morgan fingerprint density at radius 3 is 2.05 bits per heavy atom. The zero-order valence-electron chi connectivity index (χ0n) is 11.9. The van der Waals surface area contributed by atoms with Crippen LogP contribution in [0.25, 0.3) is 11.6 Å². The number of aromatic nitrogens is 2. The number of fused-ring (bicyclic) bond motifs is 1. The van der Waals surface area contributed by atoms with Crippen molar-refractivity contribution in [2.45, 2.75) is 20.8 Å². The highest BCUT2D eigenvalue weighted by Crippen LogP contribution is 2.07. The Labute approximate surface area is 111 Å². The number of nitrogens with zero attached hydrogens (tertiary/aromatic N) is 2. The molecule has 1 heterocycles. The Bertz CT molecular complexity index is 846. The van der Waals surface area contributed by atoms with E-state index >= 15 is 0 Å². The van der Waals surface area contributed by atoms with E-state index in [0.29, 0.717) is 10.6 Å². The third kappa shape index (κ3) is 2.14. The maximum absolute atomic E-state index is 12.3. The minimum Gasteiger partial charge on any atom is -0.296 e. The fraction of sp³-hybridized carbons (Fsp3) is 0.333. The van der Waals surface area contributed by atoms with Crippen LogP contribution in [-0.4, -0.2) is 9.13 Å². The van der Waals surface area contributed by atoms with Crippen LogP contribution in [0.2, 0.25) is 0 Å². The van der Waals surface area contributed by atoms with Crippen molar-refractivity contribution in [3.63, 3.8) is 0 Å². The lowest BCUT2D eigenvalue weighted by atomic mass is 10.1. The van der Waals surface area contributed by atoms with E-state index in [2.05, 4.69) is 0 Å². The van der Waals surface area contributed by atoms with Crippen LogP contribution in [0, 0.1) is 0 Å². The summed E-state index contributed by atoms with van der Waals surface area (Å²) in [6, 6.07) is 0. The van der Waals surface area contributed by atoms with Crippen molar-refractivity contribution in [3.8, 4) is 0 Å². The zero-order chi connectivity index (χ0) is 14.3. The monoisotopic (exact) mass is 258 g/mol. The molecule has 0 N–H and O–H groups in total. The van der Waals surface area contributed by atoms with Gasteiger partial charge in [-0.3, -0.25) is 13.9 Å². The highest BCUT2D eigenvalue weighted by molar-refractivity contribution is 5.60. The average Bonchev–Trinajstić information content (AvgIpc) is 2.31. The van der Waals surface area contributed by atoms with E-state index in [1.807, 2.05) is 39.0 Å². The molecule has 0 atom stereocenters. The molecule has 1 aromatic heterocycles. The predicted octanol–water partition coefficient (Wildman–Crippen LogP) is -0.0587. The van der Waals surface area contributed by atoms with Gasteiger partial charge in [0.25, 0.3) is 5.56 Å². The smallest absolute Gasteiger partial charge is 0.296 e. The van der Waals surface area contributed by atoms with Gasteiger partial charge in [0.1, 0.15) is 0 Å². The number of hydrogen-bond donors (Lipinski definition) is 0. The SMILES string of the molecule is CC1=C/C(C)=c2\c(c(=O)n(C)c(=O)n2C)=C/C(C)=C\1. The van der Waals surface area contributed by atoms with Gasteiger partial charge in [-0.05, 0) is 38.0 Å². The van der Waals surface area contributed by atoms with Crippen LogP contribution >= 0.6 is 0 Å². The molecule has 0 amide bonds. The standard InChI is InChI=1S/C15H18N2O2/c1-9-6-10(2)8-12-13(11(3)7-9)16(4)15(19)17(5)14(12)18/h6-8H,1-5H3/b9-6?,9-7-,10-6-,10-8?,11-7?,12-8+,13-11+. The second-order valence-corrected chi connectivity index (χ2v) is 5.07. The molecule has 2 rings (SSSR count). The maximum Gasteiger partial charge on any atom is 0.330 e. The van der Waals surface area contributed by atoms with Crippen LogP contribution < -0.4 is 21.8 Å². The van der Waals surface area contributed by atoms with Crippen molar-refractivity contribution in [2.75, 3.05) is 0 Å². The summed E-state index contributed by atoms with van der Waals surface area (Å²) in [5.74, 6) is 0. The van der Waals surface area contributed by atoms with Gasteiger partial charge in [-0.2, -0.15) is 0 Å². The molecular formula is C15H18N2O2. The summed E-state index contributed by atoms with van der Waals surface area (Å²) >= 11 is 0. The molecule has 0 aliphatic heterocycles. The normalized spacial score (nSPS) is 25.0. The van der Waals surface area contributed by atoms with Crippen molar-refractivity contribution in [2.24, 2.45) is 14.1 Å². The second-order valence-electron chi connectivity index (χ2n) is 5.07. The summed E-state index contributed by atoms with van der Waals surface area (Å²) in [6.45, 7) is 5.88. The van der Waals surface area contributed by atoms with Crippen molar-refractivity contribution in [1.82, 2.24) is 9.13 Å². The van der Waals surface area contributed by atoms with Crippen LogP contribution in [-0.2, 0) is 14.1 Å². The van der Waals surface area contributed by atoms with Crippen LogP contribution in [0.15, 0.2) is 32.9 Å². The Hall–Kier alpha value is -2.10. The van der Waals surface area contributed by atoms with E-state index in [-0.39, 0.29) is 11.2 Å². The van der Waals surface area contributed by atoms with Gasteiger partial charge in [-0.25, -0.2) is 4.79 Å². The summed E-state index contributed by atoms with van der Waals surface area (Å²) in [4.78, 5) is 24.3. The molecule has 0 bridgehead atoms. The molecule has 1 aliphatic rings. The van der Waals surface area contributed by atoms with E-state index in [1.165, 1.54) is 11.6 Å². The average molecular weight is 258 g/mol. The van der Waals surface area contributed by atoms with Gasteiger partial charge < -0.3 is 0 Å². The van der Waals surface area contributed by atoms with Gasteiger partial charge in [0.15, 0.2) is 0 Å². The fourth-order valence-electron chi connectivity index (χ4n) is 2.56. The number of allylic oxidation sites excluding steroid dienone is 4. The molecular weight excluding hydrogens is 240 g/mol. The van der Waals surface area contributed by atoms with Crippen LogP contribution in [0.3, 0.4) is 0 Å². The molecule has 100 valence electrons. The molecule has 0 saturated heterocycles. The molecule has 0 unspecified atom stereocenters. The molecule has 0 fully saturated rings. The molecule has 0 saturated carbocycles. The fourth-order valence-corrected chi connectivity index (χ4v) is 2.56. The van der Waals surface area contributed by atoms with E-state index in [1.54, 1.807) is 7.05 Å². The summed E-state index contributed by atoms with van der Waals surface area (Å²) in [5.41, 5.74) is 2.47. The van der Waals surface area contributed by atoms with E-state index < -0.39 is 0 Å².